The lowest BCUT2D eigenvalue weighted by atomic mass is 10.1. The Morgan fingerprint density at radius 1 is 0.968 bits per heavy atom. The van der Waals surface area contributed by atoms with E-state index >= 15 is 0 Å². The molecular weight excluding hydrogens is 400 g/mol. The summed E-state index contributed by atoms with van der Waals surface area (Å²) in [7, 11) is 0. The standard InChI is InChI=1S/C22H28N4O5/c1-12(2)25-11-15(10-18(25)27)20(29)24-8-7-23-19(28)14-5-6-16-17(9-14)22(31)26(13(3)4)21(16)30/h5-6,9,12-13,15H,7-8,10-11H2,1-4H3,(H,23,28)(H,24,29). The van der Waals surface area contributed by atoms with Crippen molar-refractivity contribution in [1.29, 1.82) is 0 Å². The van der Waals surface area contributed by atoms with Crippen molar-refractivity contribution in [3.63, 3.8) is 0 Å². The van der Waals surface area contributed by atoms with Gasteiger partial charge in [-0.2, -0.15) is 0 Å². The van der Waals surface area contributed by atoms with Gasteiger partial charge in [0.1, 0.15) is 0 Å². The molecule has 0 bridgehead atoms. The molecule has 2 aliphatic heterocycles. The molecule has 9 heteroatoms. The van der Waals surface area contributed by atoms with Crippen LogP contribution in [0.5, 0.6) is 0 Å². The van der Waals surface area contributed by atoms with Crippen molar-refractivity contribution in [2.24, 2.45) is 5.92 Å². The number of benzene rings is 1. The third kappa shape index (κ3) is 4.45. The van der Waals surface area contributed by atoms with Crippen LogP contribution >= 0.6 is 0 Å². The van der Waals surface area contributed by atoms with E-state index in [0.717, 1.165) is 0 Å². The summed E-state index contributed by atoms with van der Waals surface area (Å²) in [6.45, 7) is 8.16. The number of hydrogen-bond acceptors (Lipinski definition) is 5. The number of carbonyl (C=O) groups excluding carboxylic acids is 5. The van der Waals surface area contributed by atoms with Crippen molar-refractivity contribution in [2.45, 2.75) is 46.2 Å². The van der Waals surface area contributed by atoms with Crippen molar-refractivity contribution >= 4 is 29.5 Å². The van der Waals surface area contributed by atoms with E-state index in [1.807, 2.05) is 13.8 Å². The second-order valence-corrected chi connectivity index (χ2v) is 8.42. The van der Waals surface area contributed by atoms with E-state index in [2.05, 4.69) is 10.6 Å². The van der Waals surface area contributed by atoms with Crippen molar-refractivity contribution in [3.8, 4) is 0 Å². The first kappa shape index (κ1) is 22.5. The fraction of sp³-hybridized carbons (Fsp3) is 0.500. The Morgan fingerprint density at radius 3 is 2.23 bits per heavy atom. The topological polar surface area (TPSA) is 116 Å². The largest absolute Gasteiger partial charge is 0.354 e. The second kappa shape index (κ2) is 8.87. The highest BCUT2D eigenvalue weighted by Crippen LogP contribution is 2.25. The number of amides is 5. The molecule has 1 saturated heterocycles. The van der Waals surface area contributed by atoms with Crippen molar-refractivity contribution < 1.29 is 24.0 Å². The van der Waals surface area contributed by atoms with Crippen molar-refractivity contribution in [2.75, 3.05) is 19.6 Å². The number of nitrogens with zero attached hydrogens (tertiary/aromatic N) is 2. The van der Waals surface area contributed by atoms with Crippen LogP contribution in [0.4, 0.5) is 0 Å². The van der Waals surface area contributed by atoms with Crippen LogP contribution in [0, 0.1) is 5.92 Å². The number of imide groups is 1. The van der Waals surface area contributed by atoms with Crippen LogP contribution in [0.2, 0.25) is 0 Å². The van der Waals surface area contributed by atoms with Crippen LogP contribution in [0.1, 0.15) is 65.2 Å². The van der Waals surface area contributed by atoms with Crippen LogP contribution in [-0.2, 0) is 9.59 Å². The molecule has 0 saturated carbocycles. The monoisotopic (exact) mass is 428 g/mol. The lowest BCUT2D eigenvalue weighted by Gasteiger charge is -2.20. The highest BCUT2D eigenvalue weighted by atomic mass is 16.2. The Labute approximate surface area is 181 Å². The van der Waals surface area contributed by atoms with Crippen LogP contribution in [-0.4, -0.2) is 71.1 Å². The van der Waals surface area contributed by atoms with E-state index in [0.29, 0.717) is 12.1 Å². The average Bonchev–Trinajstić information content (AvgIpc) is 3.22. The molecule has 0 spiro atoms. The van der Waals surface area contributed by atoms with Gasteiger partial charge >= 0.3 is 0 Å². The van der Waals surface area contributed by atoms with E-state index in [4.69, 9.17) is 0 Å². The maximum atomic E-state index is 12.5. The predicted molar refractivity (Wildman–Crippen MR) is 112 cm³/mol. The van der Waals surface area contributed by atoms with Gasteiger partial charge in [0.05, 0.1) is 17.0 Å². The van der Waals surface area contributed by atoms with Gasteiger partial charge in [-0.05, 0) is 45.9 Å². The molecule has 1 atom stereocenters. The molecule has 166 valence electrons. The Balaban J connectivity index is 1.50. The van der Waals surface area contributed by atoms with E-state index < -0.39 is 11.8 Å². The molecule has 9 nitrogen and oxygen atoms in total. The molecule has 0 aromatic heterocycles. The van der Waals surface area contributed by atoms with Crippen LogP contribution in [0.15, 0.2) is 18.2 Å². The summed E-state index contributed by atoms with van der Waals surface area (Å²) < 4.78 is 0. The first-order valence-corrected chi connectivity index (χ1v) is 10.5. The van der Waals surface area contributed by atoms with Gasteiger partial charge in [0.15, 0.2) is 0 Å². The summed E-state index contributed by atoms with van der Waals surface area (Å²) in [6.07, 6.45) is 0.200. The van der Waals surface area contributed by atoms with Gasteiger partial charge in [0.25, 0.3) is 17.7 Å². The molecule has 0 aliphatic carbocycles. The first-order chi connectivity index (χ1) is 14.6. The van der Waals surface area contributed by atoms with Gasteiger partial charge in [0, 0.05) is 43.7 Å². The fourth-order valence-corrected chi connectivity index (χ4v) is 3.88. The summed E-state index contributed by atoms with van der Waals surface area (Å²) in [5.74, 6) is -1.77. The van der Waals surface area contributed by atoms with Gasteiger partial charge in [-0.15, -0.1) is 0 Å². The minimum Gasteiger partial charge on any atom is -0.354 e. The zero-order valence-corrected chi connectivity index (χ0v) is 18.2. The zero-order chi connectivity index (χ0) is 22.9. The third-order valence-electron chi connectivity index (χ3n) is 5.56. The van der Waals surface area contributed by atoms with Gasteiger partial charge in [-0.1, -0.05) is 0 Å². The molecule has 1 unspecified atom stereocenters. The number of hydrogen-bond donors (Lipinski definition) is 2. The molecular formula is C22H28N4O5. The van der Waals surface area contributed by atoms with E-state index in [1.165, 1.54) is 23.1 Å². The number of carbonyl (C=O) groups is 5. The maximum absolute atomic E-state index is 12.5. The molecule has 1 aromatic rings. The lowest BCUT2D eigenvalue weighted by molar-refractivity contribution is -0.129. The number of nitrogens with one attached hydrogen (secondary N) is 2. The number of likely N-dealkylation sites (tertiary alicyclic amines) is 1. The van der Waals surface area contributed by atoms with E-state index in [-0.39, 0.29) is 66.4 Å². The molecule has 2 N–H and O–H groups in total. The molecule has 0 radical (unpaired) electrons. The van der Waals surface area contributed by atoms with E-state index in [9.17, 15) is 24.0 Å². The lowest BCUT2D eigenvalue weighted by Crippen LogP contribution is -2.39. The number of fused-ring (bicyclic) bond motifs is 1. The summed E-state index contributed by atoms with van der Waals surface area (Å²) in [5.41, 5.74) is 0.787. The summed E-state index contributed by atoms with van der Waals surface area (Å²) >= 11 is 0. The summed E-state index contributed by atoms with van der Waals surface area (Å²) in [6, 6.07) is 4.22. The van der Waals surface area contributed by atoms with Gasteiger partial charge in [0.2, 0.25) is 11.8 Å². The fourth-order valence-electron chi connectivity index (χ4n) is 3.88. The maximum Gasteiger partial charge on any atom is 0.261 e. The average molecular weight is 428 g/mol. The smallest absolute Gasteiger partial charge is 0.261 e. The molecule has 1 aromatic carbocycles. The zero-order valence-electron chi connectivity index (χ0n) is 18.2. The van der Waals surface area contributed by atoms with Gasteiger partial charge in [-0.3, -0.25) is 28.9 Å². The minimum atomic E-state index is -0.404. The highest BCUT2D eigenvalue weighted by Gasteiger charge is 2.37. The molecule has 2 aliphatic rings. The van der Waals surface area contributed by atoms with Crippen molar-refractivity contribution in [3.05, 3.63) is 34.9 Å². The minimum absolute atomic E-state index is 0.0240. The summed E-state index contributed by atoms with van der Waals surface area (Å²) in [4.78, 5) is 64.3. The Hall–Kier alpha value is -3.23. The van der Waals surface area contributed by atoms with Crippen LogP contribution < -0.4 is 10.6 Å². The molecule has 2 heterocycles. The second-order valence-electron chi connectivity index (χ2n) is 8.42. The van der Waals surface area contributed by atoms with Crippen molar-refractivity contribution in [1.82, 2.24) is 20.4 Å². The number of rotatable bonds is 7. The van der Waals surface area contributed by atoms with Crippen LogP contribution in [0.3, 0.4) is 0 Å². The molecule has 1 fully saturated rings. The SMILES string of the molecule is CC(C)N1CC(C(=O)NCCNC(=O)c2ccc3c(c2)C(=O)N(C(C)C)C3=O)CC1=O. The normalized spacial score (nSPS) is 18.3. The van der Waals surface area contributed by atoms with Gasteiger partial charge < -0.3 is 15.5 Å². The van der Waals surface area contributed by atoms with E-state index in [1.54, 1.807) is 18.7 Å². The van der Waals surface area contributed by atoms with Gasteiger partial charge in [-0.25, -0.2) is 0 Å². The third-order valence-corrected chi connectivity index (χ3v) is 5.56. The molecule has 31 heavy (non-hydrogen) atoms. The molecule has 5 amide bonds. The first-order valence-electron chi connectivity index (χ1n) is 10.5. The highest BCUT2D eigenvalue weighted by molar-refractivity contribution is 6.22. The predicted octanol–water partition coefficient (Wildman–Crippen LogP) is 0.794. The molecule has 3 rings (SSSR count). The Morgan fingerprint density at radius 2 is 1.61 bits per heavy atom. The van der Waals surface area contributed by atoms with Crippen LogP contribution in [0.25, 0.3) is 0 Å². The Bertz CT molecular complexity index is 940. The Kier molecular flexibility index (Phi) is 6.42. The quantitative estimate of drug-likeness (QED) is 0.492. The summed E-state index contributed by atoms with van der Waals surface area (Å²) in [5, 5.41) is 5.44.